The summed E-state index contributed by atoms with van der Waals surface area (Å²) >= 11 is 0. The molecule has 0 aliphatic rings. The number of carboxylic acids is 1. The van der Waals surface area contributed by atoms with E-state index in [2.05, 4.69) is 4.98 Å². The van der Waals surface area contributed by atoms with Crippen molar-refractivity contribution in [3.8, 4) is 0 Å². The molecule has 0 bridgehead atoms. The van der Waals surface area contributed by atoms with Crippen LogP contribution in [0.1, 0.15) is 10.6 Å². The van der Waals surface area contributed by atoms with Gasteiger partial charge in [-0.15, -0.1) is 0 Å². The molecule has 3 N–H and O–H groups in total. The molecule has 5 heteroatoms. The minimum atomic E-state index is -1.09. The lowest BCUT2D eigenvalue weighted by Crippen LogP contribution is -2.06. The lowest BCUT2D eigenvalue weighted by Gasteiger charge is -2.00. The Balaban J connectivity index is 2.86. The molecule has 0 amide bonds. The van der Waals surface area contributed by atoms with Crippen LogP contribution < -0.4 is 5.73 Å². The fourth-order valence-electron chi connectivity index (χ4n) is 1.22. The van der Waals surface area contributed by atoms with Gasteiger partial charge in [0, 0.05) is 0 Å². The highest BCUT2D eigenvalue weighted by Gasteiger charge is 2.11. The number of rotatable bonds is 1. The average molecular weight is 177 g/mol. The molecule has 0 aliphatic carbocycles. The summed E-state index contributed by atoms with van der Waals surface area (Å²) in [7, 11) is 0. The Hall–Kier alpha value is -2.04. The summed E-state index contributed by atoms with van der Waals surface area (Å²) in [6.45, 7) is 0. The van der Waals surface area contributed by atoms with Crippen molar-refractivity contribution in [3.63, 3.8) is 0 Å². The number of fused-ring (bicyclic) bond motifs is 1. The van der Waals surface area contributed by atoms with Gasteiger partial charge in [-0.05, 0) is 12.1 Å². The first-order chi connectivity index (χ1) is 6.20. The number of nitrogens with two attached hydrogens (primary N) is 1. The average Bonchev–Trinajstić information content (AvgIpc) is 2.49. The van der Waals surface area contributed by atoms with Crippen LogP contribution in [0.5, 0.6) is 0 Å². The summed E-state index contributed by atoms with van der Waals surface area (Å²) in [5.74, 6) is -0.779. The number of hydrogen-bond donors (Lipinski definition) is 2. The molecule has 0 fully saturated rings. The zero-order valence-corrected chi connectivity index (χ0v) is 6.64. The molecule has 66 valence electrons. The van der Waals surface area contributed by atoms with Crippen LogP contribution in [-0.2, 0) is 0 Å². The van der Waals surface area contributed by atoms with Crippen LogP contribution in [0.2, 0.25) is 0 Å². The fraction of sp³-hybridized carbons (Fsp3) is 0. The maximum Gasteiger partial charge on any atom is 0.372 e. The molecule has 2 aromatic heterocycles. The van der Waals surface area contributed by atoms with Gasteiger partial charge in [0.2, 0.25) is 5.82 Å². The zero-order chi connectivity index (χ0) is 9.42. The Morgan fingerprint density at radius 1 is 1.54 bits per heavy atom. The second-order valence-electron chi connectivity index (χ2n) is 2.60. The molecule has 0 aliphatic heterocycles. The molecule has 0 spiro atoms. The van der Waals surface area contributed by atoms with Crippen molar-refractivity contribution in [2.75, 3.05) is 5.73 Å². The molecular formula is C8H7N3O2. The number of imidazole rings is 1. The van der Waals surface area contributed by atoms with Gasteiger partial charge in [0.1, 0.15) is 5.82 Å². The summed E-state index contributed by atoms with van der Waals surface area (Å²) < 4.78 is 1.39. The molecule has 13 heavy (non-hydrogen) atoms. The van der Waals surface area contributed by atoms with E-state index in [0.29, 0.717) is 11.3 Å². The van der Waals surface area contributed by atoms with Crippen molar-refractivity contribution in [2.45, 2.75) is 0 Å². The van der Waals surface area contributed by atoms with Gasteiger partial charge in [0.05, 0.1) is 11.7 Å². The Morgan fingerprint density at radius 2 is 2.31 bits per heavy atom. The lowest BCUT2D eigenvalue weighted by molar-refractivity contribution is 0.0683. The number of carbonyl (C=O) groups is 1. The van der Waals surface area contributed by atoms with Crippen molar-refractivity contribution in [1.29, 1.82) is 0 Å². The van der Waals surface area contributed by atoms with Crippen LogP contribution in [0.4, 0.5) is 5.82 Å². The van der Waals surface area contributed by atoms with Gasteiger partial charge >= 0.3 is 5.97 Å². The van der Waals surface area contributed by atoms with Crippen molar-refractivity contribution in [3.05, 3.63) is 30.2 Å². The van der Waals surface area contributed by atoms with Crippen LogP contribution in [-0.4, -0.2) is 20.5 Å². The number of pyridine rings is 1. The summed E-state index contributed by atoms with van der Waals surface area (Å²) in [6, 6.07) is 5.12. The van der Waals surface area contributed by atoms with Crippen LogP contribution in [0.15, 0.2) is 24.4 Å². The minimum Gasteiger partial charge on any atom is -0.475 e. The van der Waals surface area contributed by atoms with Gasteiger partial charge in [-0.1, -0.05) is 6.07 Å². The fourth-order valence-corrected chi connectivity index (χ4v) is 1.22. The first-order valence-electron chi connectivity index (χ1n) is 3.65. The summed E-state index contributed by atoms with van der Waals surface area (Å²) in [6.07, 6.45) is 1.47. The summed E-state index contributed by atoms with van der Waals surface area (Å²) in [5.41, 5.74) is 6.28. The van der Waals surface area contributed by atoms with Crippen molar-refractivity contribution >= 4 is 17.3 Å². The van der Waals surface area contributed by atoms with E-state index in [1.165, 1.54) is 10.6 Å². The van der Waals surface area contributed by atoms with Crippen LogP contribution in [0.3, 0.4) is 0 Å². The van der Waals surface area contributed by atoms with E-state index in [1.807, 2.05) is 0 Å². The first kappa shape index (κ1) is 7.60. The van der Waals surface area contributed by atoms with E-state index in [9.17, 15) is 4.79 Å². The van der Waals surface area contributed by atoms with Crippen molar-refractivity contribution in [1.82, 2.24) is 9.38 Å². The molecule has 2 aromatic rings. The Kier molecular flexibility index (Phi) is 1.45. The molecule has 2 rings (SSSR count). The number of nitrogen functional groups attached to an aromatic ring is 1. The number of anilines is 1. The number of aromatic carboxylic acids is 1. The van der Waals surface area contributed by atoms with Gasteiger partial charge in [0.25, 0.3) is 0 Å². The SMILES string of the molecule is Nc1cccc2cnc(C(=O)O)n12. The molecule has 0 saturated heterocycles. The molecular weight excluding hydrogens is 170 g/mol. The Morgan fingerprint density at radius 3 is 3.00 bits per heavy atom. The second-order valence-corrected chi connectivity index (χ2v) is 2.60. The van der Waals surface area contributed by atoms with Crippen LogP contribution in [0, 0.1) is 0 Å². The van der Waals surface area contributed by atoms with E-state index in [-0.39, 0.29) is 5.82 Å². The Labute approximate surface area is 73.4 Å². The van der Waals surface area contributed by atoms with Crippen LogP contribution in [0.25, 0.3) is 5.52 Å². The van der Waals surface area contributed by atoms with E-state index in [1.54, 1.807) is 18.2 Å². The molecule has 2 heterocycles. The number of hydrogen-bond acceptors (Lipinski definition) is 3. The van der Waals surface area contributed by atoms with Gasteiger partial charge < -0.3 is 10.8 Å². The van der Waals surface area contributed by atoms with Crippen molar-refractivity contribution in [2.24, 2.45) is 0 Å². The van der Waals surface area contributed by atoms with Gasteiger partial charge in [-0.3, -0.25) is 4.40 Å². The number of carboxylic acid groups (broad SMARTS) is 1. The Bertz CT molecular complexity index is 475. The quantitative estimate of drug-likeness (QED) is 0.668. The normalized spacial score (nSPS) is 10.5. The highest BCUT2D eigenvalue weighted by Crippen LogP contribution is 2.11. The molecule has 0 aromatic carbocycles. The molecule has 0 saturated carbocycles. The van der Waals surface area contributed by atoms with Crippen LogP contribution >= 0.6 is 0 Å². The number of aromatic nitrogens is 2. The minimum absolute atomic E-state index is 0.0619. The third-order valence-corrected chi connectivity index (χ3v) is 1.77. The maximum absolute atomic E-state index is 10.7. The first-order valence-corrected chi connectivity index (χ1v) is 3.65. The molecule has 0 radical (unpaired) electrons. The monoisotopic (exact) mass is 177 g/mol. The summed E-state index contributed by atoms with van der Waals surface area (Å²) in [4.78, 5) is 14.4. The highest BCUT2D eigenvalue weighted by atomic mass is 16.4. The predicted molar refractivity (Wildman–Crippen MR) is 46.6 cm³/mol. The molecule has 0 unspecified atom stereocenters. The predicted octanol–water partition coefficient (Wildman–Crippen LogP) is 0.615. The largest absolute Gasteiger partial charge is 0.475 e. The van der Waals surface area contributed by atoms with Gasteiger partial charge in [0.15, 0.2) is 0 Å². The third kappa shape index (κ3) is 1.01. The van der Waals surface area contributed by atoms with Gasteiger partial charge in [-0.2, -0.15) is 0 Å². The maximum atomic E-state index is 10.7. The van der Waals surface area contributed by atoms with E-state index in [4.69, 9.17) is 10.8 Å². The standard InChI is InChI=1S/C8H7N3O2/c9-6-3-1-2-5-4-10-7(8(12)13)11(5)6/h1-4H,9H2,(H,12,13). The van der Waals surface area contributed by atoms with Gasteiger partial charge in [-0.25, -0.2) is 9.78 Å². The molecule has 0 atom stereocenters. The molecule has 5 nitrogen and oxygen atoms in total. The zero-order valence-electron chi connectivity index (χ0n) is 6.64. The highest BCUT2D eigenvalue weighted by molar-refractivity contribution is 5.85. The second kappa shape index (κ2) is 2.48. The summed E-state index contributed by atoms with van der Waals surface area (Å²) in [5, 5.41) is 8.76. The van der Waals surface area contributed by atoms with E-state index < -0.39 is 5.97 Å². The lowest BCUT2D eigenvalue weighted by atomic mass is 10.4. The smallest absolute Gasteiger partial charge is 0.372 e. The van der Waals surface area contributed by atoms with Crippen molar-refractivity contribution < 1.29 is 9.90 Å². The van der Waals surface area contributed by atoms with E-state index in [0.717, 1.165) is 0 Å². The number of nitrogens with zero attached hydrogens (tertiary/aromatic N) is 2. The van der Waals surface area contributed by atoms with E-state index >= 15 is 0 Å². The third-order valence-electron chi connectivity index (χ3n) is 1.77. The topological polar surface area (TPSA) is 80.6 Å².